The summed E-state index contributed by atoms with van der Waals surface area (Å²) in [4.78, 5) is 28.3. The minimum absolute atomic E-state index is 0.110. The third kappa shape index (κ3) is 3.74. The number of aryl methyl sites for hydroxylation is 1. The molecule has 0 fully saturated rings. The van der Waals surface area contributed by atoms with E-state index in [4.69, 9.17) is 0 Å². The Morgan fingerprint density at radius 1 is 1.25 bits per heavy atom. The number of fused-ring (bicyclic) bond motifs is 1. The van der Waals surface area contributed by atoms with E-state index in [1.807, 2.05) is 25.1 Å². The number of thiophene rings is 2. The van der Waals surface area contributed by atoms with Crippen LogP contribution in [0.2, 0.25) is 0 Å². The lowest BCUT2D eigenvalue weighted by molar-refractivity contribution is 0.0954. The van der Waals surface area contributed by atoms with E-state index in [0.717, 1.165) is 27.2 Å². The van der Waals surface area contributed by atoms with Crippen LogP contribution < -0.4 is 10.6 Å². The van der Waals surface area contributed by atoms with Gasteiger partial charge in [-0.25, -0.2) is 9.97 Å². The summed E-state index contributed by atoms with van der Waals surface area (Å²) in [5, 5.41) is 9.39. The Labute approximate surface area is 170 Å². The van der Waals surface area contributed by atoms with Crippen LogP contribution in [0.4, 0.5) is 5.82 Å². The van der Waals surface area contributed by atoms with Gasteiger partial charge in [0.2, 0.25) is 0 Å². The summed E-state index contributed by atoms with van der Waals surface area (Å²) in [5.41, 5.74) is 1.85. The summed E-state index contributed by atoms with van der Waals surface area (Å²) < 4.78 is 0. The number of rotatable bonds is 6. The molecule has 0 aliphatic heterocycles. The fourth-order valence-corrected chi connectivity index (χ4v) is 4.78. The molecule has 0 spiro atoms. The van der Waals surface area contributed by atoms with Gasteiger partial charge in [-0.15, -0.1) is 22.7 Å². The fourth-order valence-electron chi connectivity index (χ4n) is 2.98. The van der Waals surface area contributed by atoms with Gasteiger partial charge >= 0.3 is 0 Å². The number of hydrogen-bond donors (Lipinski definition) is 2. The van der Waals surface area contributed by atoms with Gasteiger partial charge in [-0.2, -0.15) is 0 Å². The Hall–Kier alpha value is -2.84. The summed E-state index contributed by atoms with van der Waals surface area (Å²) in [6, 6.07) is 8.05. The SMILES string of the molecule is Cc1c(C(=O)NCc2cccnc2)sc2ncnc(NC(C)c3cccs3)c12. The summed E-state index contributed by atoms with van der Waals surface area (Å²) in [7, 11) is 0. The van der Waals surface area contributed by atoms with Gasteiger partial charge in [-0.05, 0) is 42.5 Å². The molecule has 4 heterocycles. The number of amides is 1. The van der Waals surface area contributed by atoms with Crippen LogP contribution in [0.5, 0.6) is 0 Å². The molecule has 0 aliphatic carbocycles. The molecule has 2 N–H and O–H groups in total. The van der Waals surface area contributed by atoms with Crippen molar-refractivity contribution < 1.29 is 4.79 Å². The first kappa shape index (κ1) is 18.5. The second-order valence-corrected chi connectivity index (χ2v) is 8.36. The lowest BCUT2D eigenvalue weighted by atomic mass is 10.2. The molecule has 0 aromatic carbocycles. The number of carbonyl (C=O) groups excluding carboxylic acids is 1. The number of carbonyl (C=O) groups is 1. The van der Waals surface area contributed by atoms with Crippen LogP contribution >= 0.6 is 22.7 Å². The number of anilines is 1. The zero-order valence-corrected chi connectivity index (χ0v) is 17.1. The first-order valence-corrected chi connectivity index (χ1v) is 10.5. The second-order valence-electron chi connectivity index (χ2n) is 6.38. The Morgan fingerprint density at radius 3 is 2.89 bits per heavy atom. The highest BCUT2D eigenvalue weighted by Gasteiger charge is 2.20. The van der Waals surface area contributed by atoms with Gasteiger partial charge in [-0.3, -0.25) is 9.78 Å². The molecule has 0 bridgehead atoms. The first-order chi connectivity index (χ1) is 13.6. The van der Waals surface area contributed by atoms with Crippen molar-refractivity contribution in [1.82, 2.24) is 20.3 Å². The molecule has 1 amide bonds. The van der Waals surface area contributed by atoms with E-state index in [9.17, 15) is 4.79 Å². The predicted octanol–water partition coefficient (Wildman–Crippen LogP) is 4.56. The Bertz CT molecular complexity index is 1090. The highest BCUT2D eigenvalue weighted by Crippen LogP contribution is 2.35. The van der Waals surface area contributed by atoms with Crippen LogP contribution in [0.3, 0.4) is 0 Å². The number of aromatic nitrogens is 3. The van der Waals surface area contributed by atoms with Gasteiger partial charge in [0.05, 0.1) is 16.3 Å². The van der Waals surface area contributed by atoms with Gasteiger partial charge in [-0.1, -0.05) is 12.1 Å². The highest BCUT2D eigenvalue weighted by molar-refractivity contribution is 7.20. The molecule has 0 saturated heterocycles. The molecule has 1 atom stereocenters. The van der Waals surface area contributed by atoms with Crippen molar-refractivity contribution in [2.45, 2.75) is 26.4 Å². The normalized spacial score (nSPS) is 12.1. The van der Waals surface area contributed by atoms with Gasteiger partial charge in [0, 0.05) is 23.8 Å². The summed E-state index contributed by atoms with van der Waals surface area (Å²) in [6.07, 6.45) is 5.00. The average Bonchev–Trinajstić information content (AvgIpc) is 3.36. The highest BCUT2D eigenvalue weighted by atomic mass is 32.1. The van der Waals surface area contributed by atoms with Crippen molar-refractivity contribution in [2.24, 2.45) is 0 Å². The van der Waals surface area contributed by atoms with E-state index in [0.29, 0.717) is 11.4 Å². The second kappa shape index (κ2) is 8.04. The third-order valence-corrected chi connectivity index (χ3v) is 6.69. The van der Waals surface area contributed by atoms with Crippen molar-refractivity contribution in [1.29, 1.82) is 0 Å². The summed E-state index contributed by atoms with van der Waals surface area (Å²) in [6.45, 7) is 4.48. The Kier molecular flexibility index (Phi) is 5.31. The molecule has 4 aromatic rings. The molecule has 4 rings (SSSR count). The lowest BCUT2D eigenvalue weighted by Crippen LogP contribution is -2.22. The zero-order valence-electron chi connectivity index (χ0n) is 15.5. The number of pyridine rings is 1. The topological polar surface area (TPSA) is 79.8 Å². The largest absolute Gasteiger partial charge is 0.362 e. The van der Waals surface area contributed by atoms with Crippen LogP contribution in [0, 0.1) is 6.92 Å². The van der Waals surface area contributed by atoms with Crippen LogP contribution in [0.25, 0.3) is 10.2 Å². The maximum Gasteiger partial charge on any atom is 0.261 e. The van der Waals surface area contributed by atoms with E-state index in [2.05, 4.69) is 44.0 Å². The van der Waals surface area contributed by atoms with Crippen molar-refractivity contribution in [2.75, 3.05) is 5.32 Å². The maximum absolute atomic E-state index is 12.7. The minimum atomic E-state index is -0.110. The molecule has 142 valence electrons. The van der Waals surface area contributed by atoms with E-state index < -0.39 is 0 Å². The quantitative estimate of drug-likeness (QED) is 0.488. The van der Waals surface area contributed by atoms with E-state index in [1.165, 1.54) is 16.2 Å². The minimum Gasteiger partial charge on any atom is -0.362 e. The van der Waals surface area contributed by atoms with Crippen LogP contribution in [-0.4, -0.2) is 20.9 Å². The molecule has 8 heteroatoms. The first-order valence-electron chi connectivity index (χ1n) is 8.84. The molecule has 0 aliphatic rings. The van der Waals surface area contributed by atoms with Gasteiger partial charge in [0.1, 0.15) is 17.0 Å². The van der Waals surface area contributed by atoms with Crippen molar-refractivity contribution in [3.63, 3.8) is 0 Å². The average molecular weight is 410 g/mol. The zero-order chi connectivity index (χ0) is 19.5. The summed E-state index contributed by atoms with van der Waals surface area (Å²) >= 11 is 3.09. The van der Waals surface area contributed by atoms with E-state index in [-0.39, 0.29) is 11.9 Å². The van der Waals surface area contributed by atoms with Crippen molar-refractivity contribution >= 4 is 44.6 Å². The van der Waals surface area contributed by atoms with Crippen molar-refractivity contribution in [3.8, 4) is 0 Å². The molecule has 1 unspecified atom stereocenters. The smallest absolute Gasteiger partial charge is 0.261 e. The molecule has 0 radical (unpaired) electrons. The summed E-state index contributed by atoms with van der Waals surface area (Å²) in [5.74, 6) is 0.646. The molecule has 4 aromatic heterocycles. The standard InChI is InChI=1S/C20H19N5OS2/c1-12-16-18(25-13(2)15-6-4-8-27-15)23-11-24-20(16)28-17(12)19(26)22-10-14-5-3-7-21-9-14/h3-9,11,13H,10H2,1-2H3,(H,22,26)(H,23,24,25). The molecule has 28 heavy (non-hydrogen) atoms. The van der Waals surface area contributed by atoms with Crippen molar-refractivity contribution in [3.05, 3.63) is 69.2 Å². The van der Waals surface area contributed by atoms with Gasteiger partial charge in [0.15, 0.2) is 0 Å². The number of nitrogens with one attached hydrogen (secondary N) is 2. The van der Waals surface area contributed by atoms with Crippen LogP contribution in [0.15, 0.2) is 48.4 Å². The molecular formula is C20H19N5OS2. The number of hydrogen-bond acceptors (Lipinski definition) is 7. The van der Waals surface area contributed by atoms with E-state index in [1.54, 1.807) is 30.1 Å². The van der Waals surface area contributed by atoms with Gasteiger partial charge < -0.3 is 10.6 Å². The van der Waals surface area contributed by atoms with E-state index >= 15 is 0 Å². The number of nitrogens with zero attached hydrogens (tertiary/aromatic N) is 3. The lowest BCUT2D eigenvalue weighted by Gasteiger charge is -2.13. The fraction of sp³-hybridized carbons (Fsp3) is 0.200. The Balaban J connectivity index is 1.59. The molecule has 6 nitrogen and oxygen atoms in total. The molecular weight excluding hydrogens is 390 g/mol. The maximum atomic E-state index is 12.7. The third-order valence-electron chi connectivity index (χ3n) is 4.43. The monoisotopic (exact) mass is 409 g/mol. The predicted molar refractivity (Wildman–Crippen MR) is 114 cm³/mol. The van der Waals surface area contributed by atoms with Gasteiger partial charge in [0.25, 0.3) is 5.91 Å². The van der Waals surface area contributed by atoms with Crippen LogP contribution in [0.1, 0.15) is 38.6 Å². The molecule has 0 saturated carbocycles. The Morgan fingerprint density at radius 2 is 2.14 bits per heavy atom. The van der Waals surface area contributed by atoms with Crippen LogP contribution in [-0.2, 0) is 6.54 Å².